The Labute approximate surface area is 145 Å². The smallest absolute Gasteiger partial charge is 0.273 e. The largest absolute Gasteiger partial charge is 0.486 e. The first kappa shape index (κ1) is 15.3. The molecule has 2 aliphatic heterocycles. The van der Waals surface area contributed by atoms with Crippen LogP contribution in [0.25, 0.3) is 0 Å². The molecule has 1 fully saturated rings. The standard InChI is InChI=1S/C18H17ClN2O3/c19-12-6-7-20-14(11-12)18(22)21-8-2-4-15(21)13-3-1-5-16-17(13)24-10-9-23-16/h1,3,5-7,11,15H,2,4,8-10H2. The molecule has 2 aromatic rings. The van der Waals surface area contributed by atoms with Crippen molar-refractivity contribution in [2.24, 2.45) is 0 Å². The van der Waals surface area contributed by atoms with Crippen LogP contribution in [0.2, 0.25) is 5.02 Å². The molecule has 0 N–H and O–H groups in total. The number of benzene rings is 1. The summed E-state index contributed by atoms with van der Waals surface area (Å²) >= 11 is 6.00. The Morgan fingerprint density at radius 3 is 3.00 bits per heavy atom. The van der Waals surface area contributed by atoms with Crippen molar-refractivity contribution < 1.29 is 14.3 Å². The first-order valence-electron chi connectivity index (χ1n) is 8.05. The number of aromatic nitrogens is 1. The average molecular weight is 345 g/mol. The highest BCUT2D eigenvalue weighted by atomic mass is 35.5. The Bertz CT molecular complexity index is 781. The average Bonchev–Trinajstić information content (AvgIpc) is 3.10. The van der Waals surface area contributed by atoms with Crippen LogP contribution in [0.3, 0.4) is 0 Å². The van der Waals surface area contributed by atoms with Crippen LogP contribution in [0.1, 0.15) is 34.9 Å². The number of pyridine rings is 1. The third kappa shape index (κ3) is 2.69. The lowest BCUT2D eigenvalue weighted by atomic mass is 10.0. The maximum atomic E-state index is 12.9. The van der Waals surface area contributed by atoms with Gasteiger partial charge in [-0.3, -0.25) is 9.78 Å². The monoisotopic (exact) mass is 344 g/mol. The van der Waals surface area contributed by atoms with E-state index in [1.807, 2.05) is 23.1 Å². The number of carbonyl (C=O) groups excluding carboxylic acids is 1. The molecule has 1 unspecified atom stereocenters. The zero-order valence-electron chi connectivity index (χ0n) is 13.1. The van der Waals surface area contributed by atoms with E-state index in [1.54, 1.807) is 18.3 Å². The van der Waals surface area contributed by atoms with E-state index in [0.29, 0.717) is 30.5 Å². The van der Waals surface area contributed by atoms with E-state index in [0.717, 1.165) is 29.9 Å². The van der Waals surface area contributed by atoms with E-state index in [-0.39, 0.29) is 11.9 Å². The van der Waals surface area contributed by atoms with Crippen LogP contribution in [-0.2, 0) is 0 Å². The SMILES string of the molecule is O=C(c1cc(Cl)ccn1)N1CCCC1c1cccc2c1OCCO2. The molecule has 0 bridgehead atoms. The molecule has 24 heavy (non-hydrogen) atoms. The number of nitrogens with zero attached hydrogens (tertiary/aromatic N) is 2. The summed E-state index contributed by atoms with van der Waals surface area (Å²) in [6.07, 6.45) is 3.40. The summed E-state index contributed by atoms with van der Waals surface area (Å²) in [4.78, 5) is 18.9. The fourth-order valence-electron chi connectivity index (χ4n) is 3.36. The van der Waals surface area contributed by atoms with Crippen LogP contribution < -0.4 is 9.47 Å². The number of ether oxygens (including phenoxy) is 2. The second-order valence-electron chi connectivity index (χ2n) is 5.89. The molecule has 1 atom stereocenters. The highest BCUT2D eigenvalue weighted by molar-refractivity contribution is 6.30. The second-order valence-corrected chi connectivity index (χ2v) is 6.32. The maximum absolute atomic E-state index is 12.9. The van der Waals surface area contributed by atoms with Gasteiger partial charge in [0.2, 0.25) is 0 Å². The molecular formula is C18H17ClN2O3. The summed E-state index contributed by atoms with van der Waals surface area (Å²) in [5.41, 5.74) is 1.37. The van der Waals surface area contributed by atoms with Crippen LogP contribution in [-0.4, -0.2) is 35.5 Å². The lowest BCUT2D eigenvalue weighted by Crippen LogP contribution is -2.31. The second kappa shape index (κ2) is 6.32. The minimum atomic E-state index is -0.102. The summed E-state index contributed by atoms with van der Waals surface area (Å²) < 4.78 is 11.5. The molecule has 3 heterocycles. The third-order valence-corrected chi connectivity index (χ3v) is 4.65. The predicted octanol–water partition coefficient (Wildman–Crippen LogP) is 3.48. The Morgan fingerprint density at radius 1 is 1.25 bits per heavy atom. The zero-order chi connectivity index (χ0) is 16.5. The number of likely N-dealkylation sites (tertiary alicyclic amines) is 1. The minimum absolute atomic E-state index is 0.0325. The molecule has 2 aliphatic rings. The number of rotatable bonds is 2. The van der Waals surface area contributed by atoms with Gasteiger partial charge < -0.3 is 14.4 Å². The molecule has 0 saturated carbocycles. The maximum Gasteiger partial charge on any atom is 0.273 e. The van der Waals surface area contributed by atoms with Crippen molar-refractivity contribution in [3.8, 4) is 11.5 Å². The minimum Gasteiger partial charge on any atom is -0.486 e. The molecule has 1 aromatic heterocycles. The van der Waals surface area contributed by atoms with Crippen LogP contribution in [0, 0.1) is 0 Å². The zero-order valence-corrected chi connectivity index (χ0v) is 13.8. The molecule has 4 rings (SSSR count). The van der Waals surface area contributed by atoms with Crippen LogP contribution in [0.5, 0.6) is 11.5 Å². The van der Waals surface area contributed by atoms with Gasteiger partial charge in [0.25, 0.3) is 5.91 Å². The van der Waals surface area contributed by atoms with Gasteiger partial charge in [0.15, 0.2) is 11.5 Å². The van der Waals surface area contributed by atoms with E-state index in [2.05, 4.69) is 4.98 Å². The van der Waals surface area contributed by atoms with Gasteiger partial charge in [0.1, 0.15) is 18.9 Å². The molecule has 5 nitrogen and oxygen atoms in total. The summed E-state index contributed by atoms with van der Waals surface area (Å²) in [7, 11) is 0. The van der Waals surface area contributed by atoms with Crippen molar-refractivity contribution in [2.75, 3.05) is 19.8 Å². The molecular weight excluding hydrogens is 328 g/mol. The summed E-state index contributed by atoms with van der Waals surface area (Å²) in [5.74, 6) is 1.40. The van der Waals surface area contributed by atoms with Crippen molar-refractivity contribution in [1.82, 2.24) is 9.88 Å². The van der Waals surface area contributed by atoms with Crippen molar-refractivity contribution in [3.63, 3.8) is 0 Å². The molecule has 0 radical (unpaired) electrons. The van der Waals surface area contributed by atoms with Crippen LogP contribution in [0.15, 0.2) is 36.5 Å². The van der Waals surface area contributed by atoms with Crippen molar-refractivity contribution in [2.45, 2.75) is 18.9 Å². The number of halogens is 1. The highest BCUT2D eigenvalue weighted by Crippen LogP contribution is 2.43. The topological polar surface area (TPSA) is 51.7 Å². The quantitative estimate of drug-likeness (QED) is 0.837. The molecule has 1 saturated heterocycles. The molecule has 124 valence electrons. The lowest BCUT2D eigenvalue weighted by molar-refractivity contribution is 0.0725. The summed E-state index contributed by atoms with van der Waals surface area (Å²) in [6.45, 7) is 1.78. The normalized spacial score (nSPS) is 19.4. The Balaban J connectivity index is 1.67. The predicted molar refractivity (Wildman–Crippen MR) is 89.7 cm³/mol. The number of fused-ring (bicyclic) bond motifs is 1. The molecule has 1 amide bonds. The van der Waals surface area contributed by atoms with Crippen molar-refractivity contribution in [1.29, 1.82) is 0 Å². The summed E-state index contributed by atoms with van der Waals surface area (Å²) in [6, 6.07) is 9.10. The number of carbonyl (C=O) groups is 1. The van der Waals surface area contributed by atoms with Gasteiger partial charge in [-0.1, -0.05) is 23.7 Å². The van der Waals surface area contributed by atoms with Gasteiger partial charge in [-0.2, -0.15) is 0 Å². The number of amides is 1. The molecule has 6 heteroatoms. The van der Waals surface area contributed by atoms with E-state index in [4.69, 9.17) is 21.1 Å². The Morgan fingerprint density at radius 2 is 2.12 bits per heavy atom. The first-order valence-corrected chi connectivity index (χ1v) is 8.43. The Hall–Kier alpha value is -2.27. The summed E-state index contributed by atoms with van der Waals surface area (Å²) in [5, 5.41) is 0.512. The van der Waals surface area contributed by atoms with Gasteiger partial charge in [-0.25, -0.2) is 0 Å². The van der Waals surface area contributed by atoms with Crippen LogP contribution >= 0.6 is 11.6 Å². The lowest BCUT2D eigenvalue weighted by Gasteiger charge is -2.28. The van der Waals surface area contributed by atoms with E-state index in [9.17, 15) is 4.79 Å². The van der Waals surface area contributed by atoms with Gasteiger partial charge in [0.05, 0.1) is 6.04 Å². The number of hydrogen-bond donors (Lipinski definition) is 0. The van der Waals surface area contributed by atoms with Gasteiger partial charge >= 0.3 is 0 Å². The van der Waals surface area contributed by atoms with Gasteiger partial charge in [-0.05, 0) is 31.0 Å². The fourth-order valence-corrected chi connectivity index (χ4v) is 3.52. The highest BCUT2D eigenvalue weighted by Gasteiger charge is 2.34. The van der Waals surface area contributed by atoms with Crippen LogP contribution in [0.4, 0.5) is 0 Å². The van der Waals surface area contributed by atoms with E-state index < -0.39 is 0 Å². The number of para-hydroxylation sites is 1. The first-order chi connectivity index (χ1) is 11.7. The third-order valence-electron chi connectivity index (χ3n) is 4.41. The molecule has 0 aliphatic carbocycles. The van der Waals surface area contributed by atoms with Crippen molar-refractivity contribution in [3.05, 3.63) is 52.8 Å². The van der Waals surface area contributed by atoms with Crippen molar-refractivity contribution >= 4 is 17.5 Å². The fraction of sp³-hybridized carbons (Fsp3) is 0.333. The molecule has 1 aromatic carbocycles. The van der Waals surface area contributed by atoms with E-state index in [1.165, 1.54) is 0 Å². The molecule has 0 spiro atoms. The van der Waals surface area contributed by atoms with E-state index >= 15 is 0 Å². The van der Waals surface area contributed by atoms with Gasteiger partial charge in [-0.15, -0.1) is 0 Å². The number of hydrogen-bond acceptors (Lipinski definition) is 4. The van der Waals surface area contributed by atoms with Gasteiger partial charge in [0, 0.05) is 23.3 Å². The Kier molecular flexibility index (Phi) is 4.02.